The lowest BCUT2D eigenvalue weighted by Crippen LogP contribution is -2.32. The van der Waals surface area contributed by atoms with Gasteiger partial charge in [0.25, 0.3) is 0 Å². The third kappa shape index (κ3) is 2.33. The Hall–Kier alpha value is -1.78. The molecule has 1 heterocycles. The molecule has 0 aliphatic carbocycles. The Balaban J connectivity index is 2.81. The molecule has 13 heavy (non-hydrogen) atoms. The maximum atomic E-state index is 10.7. The van der Waals surface area contributed by atoms with Crippen molar-refractivity contribution in [1.82, 2.24) is 10.3 Å². The maximum absolute atomic E-state index is 10.7. The number of aromatic nitrogens is 1. The first-order valence-electron chi connectivity index (χ1n) is 3.74. The Kier molecular flexibility index (Phi) is 2.69. The van der Waals surface area contributed by atoms with Gasteiger partial charge in [0, 0.05) is 18.8 Å². The van der Waals surface area contributed by atoms with Crippen molar-refractivity contribution in [2.45, 2.75) is 13.0 Å². The van der Waals surface area contributed by atoms with Gasteiger partial charge in [-0.1, -0.05) is 0 Å². The molecule has 0 aromatic carbocycles. The van der Waals surface area contributed by atoms with Crippen LogP contribution in [0.25, 0.3) is 0 Å². The van der Waals surface area contributed by atoms with Crippen LogP contribution in [-0.2, 0) is 9.59 Å². The molecule has 1 atom stereocenters. The van der Waals surface area contributed by atoms with E-state index in [1.54, 1.807) is 18.3 Å². The Morgan fingerprint density at radius 2 is 2.31 bits per heavy atom. The Bertz CT molecular complexity index is 305. The first-order valence-corrected chi connectivity index (χ1v) is 3.74. The molecule has 3 N–H and O–H groups in total. The summed E-state index contributed by atoms with van der Waals surface area (Å²) in [5.74, 6) is -1.46. The summed E-state index contributed by atoms with van der Waals surface area (Å²) in [7, 11) is 0. The summed E-state index contributed by atoms with van der Waals surface area (Å²) in [5, 5.41) is 11.1. The van der Waals surface area contributed by atoms with Gasteiger partial charge in [0.15, 0.2) is 6.04 Å². The molecule has 0 aliphatic rings. The second-order valence-corrected chi connectivity index (χ2v) is 2.60. The SMILES string of the molecule is CC(=O)NC(C(=O)O)c1ccc[nH]1. The molecule has 5 nitrogen and oxygen atoms in total. The molecule has 0 bridgehead atoms. The second kappa shape index (κ2) is 3.75. The highest BCUT2D eigenvalue weighted by Crippen LogP contribution is 2.09. The lowest BCUT2D eigenvalue weighted by molar-refractivity contribution is -0.141. The first-order chi connectivity index (χ1) is 6.11. The molecule has 0 radical (unpaired) electrons. The van der Waals surface area contributed by atoms with Crippen LogP contribution in [0.3, 0.4) is 0 Å². The maximum Gasteiger partial charge on any atom is 0.332 e. The summed E-state index contributed by atoms with van der Waals surface area (Å²) in [4.78, 5) is 24.1. The Labute approximate surface area is 74.8 Å². The van der Waals surface area contributed by atoms with Crippen molar-refractivity contribution in [3.63, 3.8) is 0 Å². The topological polar surface area (TPSA) is 82.2 Å². The summed E-state index contributed by atoms with van der Waals surface area (Å²) in [5.41, 5.74) is 0.461. The first kappa shape index (κ1) is 9.31. The molecular weight excluding hydrogens is 172 g/mol. The van der Waals surface area contributed by atoms with Crippen LogP contribution < -0.4 is 5.32 Å². The van der Waals surface area contributed by atoms with Gasteiger partial charge in [0.2, 0.25) is 5.91 Å². The number of aliphatic carboxylic acids is 1. The van der Waals surface area contributed by atoms with Crippen LogP contribution in [0.5, 0.6) is 0 Å². The number of carbonyl (C=O) groups is 2. The third-order valence-electron chi connectivity index (χ3n) is 1.53. The molecule has 5 heteroatoms. The van der Waals surface area contributed by atoms with Crippen LogP contribution in [-0.4, -0.2) is 22.0 Å². The number of H-pyrrole nitrogens is 1. The van der Waals surface area contributed by atoms with E-state index in [1.807, 2.05) is 0 Å². The van der Waals surface area contributed by atoms with Gasteiger partial charge in [0.05, 0.1) is 0 Å². The highest BCUT2D eigenvalue weighted by atomic mass is 16.4. The minimum absolute atomic E-state index is 0.373. The van der Waals surface area contributed by atoms with E-state index in [0.29, 0.717) is 5.69 Å². The quantitative estimate of drug-likeness (QED) is 0.627. The molecule has 70 valence electrons. The van der Waals surface area contributed by atoms with E-state index in [-0.39, 0.29) is 5.91 Å². The zero-order chi connectivity index (χ0) is 9.84. The number of hydrogen-bond donors (Lipinski definition) is 3. The number of carboxylic acids is 1. The molecule has 0 saturated carbocycles. The largest absolute Gasteiger partial charge is 0.479 e. The third-order valence-corrected chi connectivity index (χ3v) is 1.53. The van der Waals surface area contributed by atoms with Crippen molar-refractivity contribution >= 4 is 11.9 Å². The average Bonchev–Trinajstić information content (AvgIpc) is 2.50. The summed E-state index contributed by atoms with van der Waals surface area (Å²) in [6.45, 7) is 1.28. The molecule has 1 rings (SSSR count). The average molecular weight is 182 g/mol. The van der Waals surface area contributed by atoms with E-state index < -0.39 is 12.0 Å². The van der Waals surface area contributed by atoms with Crippen molar-refractivity contribution in [1.29, 1.82) is 0 Å². The van der Waals surface area contributed by atoms with Crippen molar-refractivity contribution in [3.05, 3.63) is 24.0 Å². The van der Waals surface area contributed by atoms with E-state index in [1.165, 1.54) is 6.92 Å². The molecule has 1 aromatic rings. The van der Waals surface area contributed by atoms with E-state index >= 15 is 0 Å². The van der Waals surface area contributed by atoms with E-state index in [2.05, 4.69) is 10.3 Å². The number of aromatic amines is 1. The number of amides is 1. The van der Waals surface area contributed by atoms with Crippen molar-refractivity contribution in [2.75, 3.05) is 0 Å². The number of carboxylic acid groups (broad SMARTS) is 1. The minimum atomic E-state index is -1.09. The van der Waals surface area contributed by atoms with Gasteiger partial charge in [-0.2, -0.15) is 0 Å². The van der Waals surface area contributed by atoms with Crippen molar-refractivity contribution in [2.24, 2.45) is 0 Å². The lowest BCUT2D eigenvalue weighted by atomic mass is 10.2. The normalized spacial score (nSPS) is 12.1. The summed E-state index contributed by atoms with van der Waals surface area (Å²) < 4.78 is 0. The Morgan fingerprint density at radius 3 is 2.69 bits per heavy atom. The van der Waals surface area contributed by atoms with Gasteiger partial charge in [-0.05, 0) is 12.1 Å². The van der Waals surface area contributed by atoms with E-state index in [4.69, 9.17) is 5.11 Å². The predicted octanol–water partition coefficient (Wildman–Crippen LogP) is 0.276. The van der Waals surface area contributed by atoms with Crippen LogP contribution in [0.2, 0.25) is 0 Å². The number of nitrogens with one attached hydrogen (secondary N) is 2. The fourth-order valence-electron chi connectivity index (χ4n) is 1.000. The lowest BCUT2D eigenvalue weighted by Gasteiger charge is -2.10. The zero-order valence-electron chi connectivity index (χ0n) is 7.07. The summed E-state index contributed by atoms with van der Waals surface area (Å²) in [6, 6.07) is 2.29. The number of carbonyl (C=O) groups excluding carboxylic acids is 1. The molecule has 1 aromatic heterocycles. The van der Waals surface area contributed by atoms with Crippen LogP contribution in [0.15, 0.2) is 18.3 Å². The highest BCUT2D eigenvalue weighted by Gasteiger charge is 2.20. The van der Waals surface area contributed by atoms with E-state index in [0.717, 1.165) is 0 Å². The fraction of sp³-hybridized carbons (Fsp3) is 0.250. The van der Waals surface area contributed by atoms with Crippen LogP contribution in [0.4, 0.5) is 0 Å². The summed E-state index contributed by atoms with van der Waals surface area (Å²) in [6.07, 6.45) is 1.60. The molecule has 0 spiro atoms. The fourth-order valence-corrected chi connectivity index (χ4v) is 1.000. The summed E-state index contributed by atoms with van der Waals surface area (Å²) >= 11 is 0. The highest BCUT2D eigenvalue weighted by molar-refractivity contribution is 5.82. The van der Waals surface area contributed by atoms with Crippen molar-refractivity contribution in [3.8, 4) is 0 Å². The van der Waals surface area contributed by atoms with Gasteiger partial charge in [-0.15, -0.1) is 0 Å². The Morgan fingerprint density at radius 1 is 1.62 bits per heavy atom. The van der Waals surface area contributed by atoms with Gasteiger partial charge >= 0.3 is 5.97 Å². The minimum Gasteiger partial charge on any atom is -0.479 e. The molecule has 0 saturated heterocycles. The number of rotatable bonds is 3. The van der Waals surface area contributed by atoms with Gasteiger partial charge in [-0.25, -0.2) is 4.79 Å². The van der Waals surface area contributed by atoms with Gasteiger partial charge in [-0.3, -0.25) is 4.79 Å². The van der Waals surface area contributed by atoms with E-state index in [9.17, 15) is 9.59 Å². The smallest absolute Gasteiger partial charge is 0.332 e. The molecule has 1 amide bonds. The van der Waals surface area contributed by atoms with Crippen LogP contribution in [0.1, 0.15) is 18.7 Å². The van der Waals surface area contributed by atoms with Crippen LogP contribution in [0, 0.1) is 0 Å². The van der Waals surface area contributed by atoms with Gasteiger partial charge in [0.1, 0.15) is 0 Å². The zero-order valence-corrected chi connectivity index (χ0v) is 7.07. The molecule has 0 aliphatic heterocycles. The monoisotopic (exact) mass is 182 g/mol. The van der Waals surface area contributed by atoms with Gasteiger partial charge < -0.3 is 15.4 Å². The molecule has 1 unspecified atom stereocenters. The predicted molar refractivity (Wildman–Crippen MR) is 45.0 cm³/mol. The molecule has 0 fully saturated rings. The standard InChI is InChI=1S/C8H10N2O3/c1-5(11)10-7(8(12)13)6-3-2-4-9-6/h2-4,7,9H,1H3,(H,10,11)(H,12,13). The molecular formula is C8H10N2O3. The van der Waals surface area contributed by atoms with Crippen LogP contribution >= 0.6 is 0 Å². The van der Waals surface area contributed by atoms with Crippen molar-refractivity contribution < 1.29 is 14.7 Å². The number of hydrogen-bond acceptors (Lipinski definition) is 2. The second-order valence-electron chi connectivity index (χ2n) is 2.60.